The van der Waals surface area contributed by atoms with Gasteiger partial charge in [-0.1, -0.05) is 17.7 Å². The summed E-state index contributed by atoms with van der Waals surface area (Å²) in [6, 6.07) is 3.89. The van der Waals surface area contributed by atoms with E-state index in [0.29, 0.717) is 5.69 Å². The van der Waals surface area contributed by atoms with Gasteiger partial charge in [0.2, 0.25) is 11.6 Å². The molecule has 7 heteroatoms. The second-order valence-corrected chi connectivity index (χ2v) is 4.55. The van der Waals surface area contributed by atoms with Crippen LogP contribution in [0.3, 0.4) is 0 Å². The molecular weight excluding hydrogens is 260 g/mol. The van der Waals surface area contributed by atoms with Gasteiger partial charge in [-0.2, -0.15) is 0 Å². The lowest BCUT2D eigenvalue weighted by molar-refractivity contribution is 0.450. The van der Waals surface area contributed by atoms with Gasteiger partial charge in [0.1, 0.15) is 0 Å². The lowest BCUT2D eigenvalue weighted by atomic mass is 10.1. The van der Waals surface area contributed by atoms with Gasteiger partial charge >= 0.3 is 5.69 Å². The van der Waals surface area contributed by atoms with Crippen LogP contribution in [0.1, 0.15) is 16.7 Å². The van der Waals surface area contributed by atoms with E-state index in [1.807, 2.05) is 42.9 Å². The van der Waals surface area contributed by atoms with E-state index >= 15 is 0 Å². The van der Waals surface area contributed by atoms with Gasteiger partial charge in [-0.25, -0.2) is 4.79 Å². The van der Waals surface area contributed by atoms with Crippen LogP contribution in [0.25, 0.3) is 0 Å². The van der Waals surface area contributed by atoms with E-state index in [2.05, 4.69) is 10.2 Å². The molecule has 1 heterocycles. The van der Waals surface area contributed by atoms with Crippen molar-refractivity contribution in [1.29, 1.82) is 0 Å². The molecule has 7 nitrogen and oxygen atoms in total. The summed E-state index contributed by atoms with van der Waals surface area (Å²) in [4.78, 5) is 26.5. The first-order valence-corrected chi connectivity index (χ1v) is 5.93. The Labute approximate surface area is 114 Å². The number of rotatable bonds is 2. The van der Waals surface area contributed by atoms with Gasteiger partial charge in [0.15, 0.2) is 0 Å². The Balaban J connectivity index is 2.51. The van der Waals surface area contributed by atoms with E-state index in [4.69, 9.17) is 0 Å². The second-order valence-electron chi connectivity index (χ2n) is 4.55. The van der Waals surface area contributed by atoms with Gasteiger partial charge in [-0.3, -0.25) is 14.8 Å². The number of hydrogen-bond acceptors (Lipinski definition) is 5. The molecule has 20 heavy (non-hydrogen) atoms. The molecule has 3 N–H and O–H groups in total. The average molecular weight is 274 g/mol. The number of aromatic nitrogens is 2. The molecule has 0 aliphatic heterocycles. The number of nitrogens with one attached hydrogen (secondary N) is 2. The zero-order valence-electron chi connectivity index (χ0n) is 11.3. The highest BCUT2D eigenvalue weighted by molar-refractivity contribution is 5.54. The number of hydrogen-bond donors (Lipinski definition) is 3. The largest absolute Gasteiger partial charge is 0.493 e. The van der Waals surface area contributed by atoms with Crippen molar-refractivity contribution < 1.29 is 5.11 Å². The number of H-pyrrole nitrogens is 2. The first-order valence-electron chi connectivity index (χ1n) is 5.93. The van der Waals surface area contributed by atoms with Gasteiger partial charge in [-0.05, 0) is 31.9 Å². The number of aryl methyl sites for hydroxylation is 3. The van der Waals surface area contributed by atoms with Crippen LogP contribution in [0.5, 0.6) is 5.88 Å². The summed E-state index contributed by atoms with van der Waals surface area (Å²) >= 11 is 0. The molecule has 0 atom stereocenters. The fourth-order valence-electron chi connectivity index (χ4n) is 1.99. The van der Waals surface area contributed by atoms with Gasteiger partial charge in [0, 0.05) is 0 Å². The molecule has 0 fully saturated rings. The Morgan fingerprint density at radius 2 is 1.50 bits per heavy atom. The minimum atomic E-state index is -0.797. The van der Waals surface area contributed by atoms with Crippen molar-refractivity contribution >= 4 is 11.4 Å². The smallest absolute Gasteiger partial charge is 0.328 e. The summed E-state index contributed by atoms with van der Waals surface area (Å²) < 4.78 is 0. The topological polar surface area (TPSA) is 111 Å². The Morgan fingerprint density at radius 1 is 0.950 bits per heavy atom. The van der Waals surface area contributed by atoms with E-state index in [-0.39, 0.29) is 5.69 Å². The summed E-state index contributed by atoms with van der Waals surface area (Å²) in [5.74, 6) is -0.607. The highest BCUT2D eigenvalue weighted by atomic mass is 16.3. The SMILES string of the molecule is Cc1cc(C)c(N=Nc2c(O)[nH]c(=O)[nH]c2=O)c(C)c1. The normalized spacial score (nSPS) is 11.2. The number of nitrogens with zero attached hydrogens (tertiary/aromatic N) is 2. The van der Waals surface area contributed by atoms with Crippen LogP contribution < -0.4 is 11.2 Å². The zero-order valence-corrected chi connectivity index (χ0v) is 11.3. The molecule has 104 valence electrons. The summed E-state index contributed by atoms with van der Waals surface area (Å²) in [7, 11) is 0. The van der Waals surface area contributed by atoms with Crippen LogP contribution in [0.2, 0.25) is 0 Å². The van der Waals surface area contributed by atoms with Crippen LogP contribution in [0.4, 0.5) is 11.4 Å². The second kappa shape index (κ2) is 5.12. The average Bonchev–Trinajstić information content (AvgIpc) is 2.30. The molecule has 0 aliphatic carbocycles. The summed E-state index contributed by atoms with van der Waals surface area (Å²) in [5, 5.41) is 17.2. The summed E-state index contributed by atoms with van der Waals surface area (Å²) in [6.07, 6.45) is 0. The van der Waals surface area contributed by atoms with Crippen LogP contribution in [-0.4, -0.2) is 15.1 Å². The predicted molar refractivity (Wildman–Crippen MR) is 74.2 cm³/mol. The van der Waals surface area contributed by atoms with Crippen molar-refractivity contribution in [3.63, 3.8) is 0 Å². The van der Waals surface area contributed by atoms with E-state index < -0.39 is 17.1 Å². The monoisotopic (exact) mass is 274 g/mol. The van der Waals surface area contributed by atoms with Crippen LogP contribution in [0, 0.1) is 20.8 Å². The molecule has 1 aromatic carbocycles. The van der Waals surface area contributed by atoms with E-state index in [1.165, 1.54) is 0 Å². The van der Waals surface area contributed by atoms with Crippen LogP contribution >= 0.6 is 0 Å². The third-order valence-corrected chi connectivity index (χ3v) is 2.78. The standard InChI is InChI=1S/C13H14N4O3/c1-6-4-7(2)9(8(3)5-6)16-17-10-11(18)14-13(20)15-12(10)19/h4-5H,1-3H3,(H3,14,15,18,19,20). The van der Waals surface area contributed by atoms with Crippen LogP contribution in [0.15, 0.2) is 32.0 Å². The maximum atomic E-state index is 11.5. The van der Waals surface area contributed by atoms with Gasteiger partial charge in [0.25, 0.3) is 5.56 Å². The molecule has 0 amide bonds. The maximum Gasteiger partial charge on any atom is 0.328 e. The van der Waals surface area contributed by atoms with Gasteiger partial charge in [-0.15, -0.1) is 10.2 Å². The van der Waals surface area contributed by atoms with Crippen molar-refractivity contribution in [1.82, 2.24) is 9.97 Å². The molecular formula is C13H14N4O3. The molecule has 0 spiro atoms. The minimum absolute atomic E-state index is 0.330. The van der Waals surface area contributed by atoms with Gasteiger partial charge in [0.05, 0.1) is 5.69 Å². The summed E-state index contributed by atoms with van der Waals surface area (Å²) in [5.41, 5.74) is 1.62. The molecule has 1 aromatic heterocycles. The molecule has 0 bridgehead atoms. The molecule has 0 saturated carbocycles. The van der Waals surface area contributed by atoms with Gasteiger partial charge < -0.3 is 5.11 Å². The molecule has 2 rings (SSSR count). The van der Waals surface area contributed by atoms with E-state index in [0.717, 1.165) is 16.7 Å². The summed E-state index contributed by atoms with van der Waals surface area (Å²) in [6.45, 7) is 5.73. The Hall–Kier alpha value is -2.70. The number of azo groups is 1. The fraction of sp³-hybridized carbons (Fsp3) is 0.231. The first-order chi connectivity index (χ1) is 9.38. The van der Waals surface area contributed by atoms with Crippen molar-refractivity contribution in [3.05, 3.63) is 49.7 Å². The molecule has 0 aliphatic rings. The molecule has 0 radical (unpaired) electrons. The third-order valence-electron chi connectivity index (χ3n) is 2.78. The molecule has 0 saturated heterocycles. The fourth-order valence-corrected chi connectivity index (χ4v) is 1.99. The third kappa shape index (κ3) is 2.66. The molecule has 0 unspecified atom stereocenters. The van der Waals surface area contributed by atoms with Crippen molar-refractivity contribution in [2.45, 2.75) is 20.8 Å². The lowest BCUT2D eigenvalue weighted by Gasteiger charge is -2.05. The number of benzene rings is 1. The van der Waals surface area contributed by atoms with Crippen LogP contribution in [-0.2, 0) is 0 Å². The zero-order chi connectivity index (χ0) is 14.9. The lowest BCUT2D eigenvalue weighted by Crippen LogP contribution is -2.20. The Bertz CT molecular complexity index is 779. The number of aromatic hydroxyl groups is 1. The number of aromatic amines is 2. The molecule has 2 aromatic rings. The van der Waals surface area contributed by atoms with Crippen molar-refractivity contribution in [3.8, 4) is 5.88 Å². The minimum Gasteiger partial charge on any atom is -0.493 e. The van der Waals surface area contributed by atoms with E-state index in [1.54, 1.807) is 0 Å². The Morgan fingerprint density at radius 3 is 2.05 bits per heavy atom. The highest BCUT2D eigenvalue weighted by Gasteiger charge is 2.08. The highest BCUT2D eigenvalue weighted by Crippen LogP contribution is 2.27. The maximum absolute atomic E-state index is 11.5. The van der Waals surface area contributed by atoms with E-state index in [9.17, 15) is 14.7 Å². The Kier molecular flexibility index (Phi) is 3.51. The first kappa shape index (κ1) is 13.7. The predicted octanol–water partition coefficient (Wildman–Crippen LogP) is 2.11. The van der Waals surface area contributed by atoms with Crippen molar-refractivity contribution in [2.24, 2.45) is 10.2 Å². The quantitative estimate of drug-likeness (QED) is 0.729. The van der Waals surface area contributed by atoms with Crippen molar-refractivity contribution in [2.75, 3.05) is 0 Å².